The van der Waals surface area contributed by atoms with E-state index in [4.69, 9.17) is 5.26 Å². The first kappa shape index (κ1) is 12.9. The Kier molecular flexibility index (Phi) is 5.20. The molecule has 0 aliphatic heterocycles. The molecule has 1 aromatic heterocycles. The van der Waals surface area contributed by atoms with E-state index in [9.17, 15) is 0 Å². The molecule has 0 spiro atoms. The highest BCUT2D eigenvalue weighted by atomic mass is 32.2. The van der Waals surface area contributed by atoms with Crippen LogP contribution in [0.5, 0.6) is 0 Å². The Labute approximate surface area is 101 Å². The lowest BCUT2D eigenvalue weighted by Gasteiger charge is -2.06. The number of nitrogens with one attached hydrogen (secondary N) is 1. The van der Waals surface area contributed by atoms with Gasteiger partial charge >= 0.3 is 0 Å². The zero-order chi connectivity index (χ0) is 12.0. The van der Waals surface area contributed by atoms with Crippen molar-refractivity contribution >= 4 is 17.6 Å². The molecule has 1 rings (SSSR count). The second-order valence-electron chi connectivity index (χ2n) is 3.67. The fraction of sp³-hybridized carbons (Fsp3) is 0.636. The summed E-state index contributed by atoms with van der Waals surface area (Å²) in [5, 5.41) is 16.5. The molecule has 4 nitrogen and oxygen atoms in total. The molecule has 0 saturated heterocycles. The van der Waals surface area contributed by atoms with Crippen molar-refractivity contribution in [2.75, 3.05) is 23.9 Å². The highest BCUT2D eigenvalue weighted by Gasteiger charge is 2.11. The molecule has 0 fully saturated rings. The number of nitriles is 1. The summed E-state index contributed by atoms with van der Waals surface area (Å²) < 4.78 is 1.74. The number of rotatable bonds is 6. The van der Waals surface area contributed by atoms with Gasteiger partial charge in [0.25, 0.3) is 0 Å². The number of anilines is 1. The minimum atomic E-state index is 0.660. The standard InChI is InChI=1S/C11H18N4S/c1-9-10(8-12)11(15(2)14-9)13-6-4-5-7-16-3/h13H,4-7H2,1-3H3. The zero-order valence-electron chi connectivity index (χ0n) is 10.1. The van der Waals surface area contributed by atoms with Crippen LogP contribution in [0, 0.1) is 18.3 Å². The Balaban J connectivity index is 2.51. The molecule has 0 saturated carbocycles. The smallest absolute Gasteiger partial charge is 0.142 e. The van der Waals surface area contributed by atoms with Crippen LogP contribution in [0.15, 0.2) is 0 Å². The monoisotopic (exact) mass is 238 g/mol. The minimum absolute atomic E-state index is 0.660. The molecule has 5 heteroatoms. The molecular formula is C11H18N4S. The largest absolute Gasteiger partial charge is 0.369 e. The molecule has 1 heterocycles. The first-order chi connectivity index (χ1) is 7.70. The maximum absolute atomic E-state index is 9.01. The van der Waals surface area contributed by atoms with Crippen molar-refractivity contribution in [2.45, 2.75) is 19.8 Å². The van der Waals surface area contributed by atoms with E-state index in [0.29, 0.717) is 5.56 Å². The van der Waals surface area contributed by atoms with Crippen molar-refractivity contribution in [1.82, 2.24) is 9.78 Å². The third kappa shape index (κ3) is 3.17. The van der Waals surface area contributed by atoms with Crippen LogP contribution in [-0.2, 0) is 7.05 Å². The lowest BCUT2D eigenvalue weighted by atomic mass is 10.2. The third-order valence-electron chi connectivity index (χ3n) is 2.40. The molecule has 1 aromatic rings. The molecule has 0 amide bonds. The van der Waals surface area contributed by atoms with Gasteiger partial charge < -0.3 is 5.32 Å². The van der Waals surface area contributed by atoms with Crippen molar-refractivity contribution in [1.29, 1.82) is 5.26 Å². The van der Waals surface area contributed by atoms with E-state index in [1.807, 2.05) is 25.7 Å². The van der Waals surface area contributed by atoms with Crippen LogP contribution in [-0.4, -0.2) is 28.3 Å². The number of thioether (sulfide) groups is 1. The van der Waals surface area contributed by atoms with E-state index in [2.05, 4.69) is 22.7 Å². The molecular weight excluding hydrogens is 220 g/mol. The van der Waals surface area contributed by atoms with Gasteiger partial charge in [0.2, 0.25) is 0 Å². The first-order valence-electron chi connectivity index (χ1n) is 5.37. The quantitative estimate of drug-likeness (QED) is 0.772. The fourth-order valence-corrected chi connectivity index (χ4v) is 2.07. The molecule has 88 valence electrons. The van der Waals surface area contributed by atoms with Gasteiger partial charge in [-0.25, -0.2) is 0 Å². The first-order valence-corrected chi connectivity index (χ1v) is 6.76. The Hall–Kier alpha value is -1.15. The van der Waals surface area contributed by atoms with Crippen molar-refractivity contribution in [3.8, 4) is 6.07 Å². The molecule has 0 atom stereocenters. The van der Waals surface area contributed by atoms with E-state index < -0.39 is 0 Å². The number of aryl methyl sites for hydroxylation is 2. The predicted octanol–water partition coefficient (Wildman–Crippen LogP) is 2.16. The van der Waals surface area contributed by atoms with Crippen LogP contribution in [0.3, 0.4) is 0 Å². The molecule has 0 aromatic carbocycles. The summed E-state index contributed by atoms with van der Waals surface area (Å²) in [4.78, 5) is 0. The van der Waals surface area contributed by atoms with Gasteiger partial charge in [-0.2, -0.15) is 22.1 Å². The summed E-state index contributed by atoms with van der Waals surface area (Å²) in [6.45, 7) is 2.76. The van der Waals surface area contributed by atoms with Crippen molar-refractivity contribution in [2.24, 2.45) is 7.05 Å². The van der Waals surface area contributed by atoms with Gasteiger partial charge in [0.1, 0.15) is 17.5 Å². The molecule has 0 aliphatic carbocycles. The van der Waals surface area contributed by atoms with Crippen LogP contribution >= 0.6 is 11.8 Å². The second kappa shape index (κ2) is 6.44. The summed E-state index contributed by atoms with van der Waals surface area (Å²) in [7, 11) is 1.86. The highest BCUT2D eigenvalue weighted by Crippen LogP contribution is 2.17. The van der Waals surface area contributed by atoms with Gasteiger partial charge in [0, 0.05) is 13.6 Å². The Bertz CT molecular complexity index is 378. The number of unbranched alkanes of at least 4 members (excludes halogenated alkanes) is 1. The molecule has 0 bridgehead atoms. The lowest BCUT2D eigenvalue weighted by molar-refractivity contribution is 0.749. The summed E-state index contributed by atoms with van der Waals surface area (Å²) in [6, 6.07) is 2.19. The summed E-state index contributed by atoms with van der Waals surface area (Å²) in [5.41, 5.74) is 1.45. The predicted molar refractivity (Wildman–Crippen MR) is 68.8 cm³/mol. The van der Waals surface area contributed by atoms with Crippen LogP contribution in [0.2, 0.25) is 0 Å². The van der Waals surface area contributed by atoms with Crippen molar-refractivity contribution in [3.63, 3.8) is 0 Å². The van der Waals surface area contributed by atoms with E-state index in [-0.39, 0.29) is 0 Å². The average molecular weight is 238 g/mol. The van der Waals surface area contributed by atoms with E-state index >= 15 is 0 Å². The van der Waals surface area contributed by atoms with Gasteiger partial charge in [-0.3, -0.25) is 4.68 Å². The number of aromatic nitrogens is 2. The van der Waals surface area contributed by atoms with Crippen LogP contribution in [0.1, 0.15) is 24.1 Å². The highest BCUT2D eigenvalue weighted by molar-refractivity contribution is 7.98. The van der Waals surface area contributed by atoms with Crippen molar-refractivity contribution < 1.29 is 0 Å². The van der Waals surface area contributed by atoms with Crippen LogP contribution in [0.4, 0.5) is 5.82 Å². The SMILES string of the molecule is CSCCCCNc1c(C#N)c(C)nn1C. The summed E-state index contributed by atoms with van der Waals surface area (Å²) >= 11 is 1.87. The van der Waals surface area contributed by atoms with Crippen LogP contribution in [0.25, 0.3) is 0 Å². The Morgan fingerprint density at radius 1 is 1.50 bits per heavy atom. The van der Waals surface area contributed by atoms with Crippen molar-refractivity contribution in [3.05, 3.63) is 11.3 Å². The third-order valence-corrected chi connectivity index (χ3v) is 3.10. The lowest BCUT2D eigenvalue weighted by Crippen LogP contribution is -2.07. The van der Waals surface area contributed by atoms with Gasteiger partial charge in [-0.1, -0.05) is 0 Å². The molecule has 16 heavy (non-hydrogen) atoms. The van der Waals surface area contributed by atoms with Gasteiger partial charge in [-0.15, -0.1) is 0 Å². The second-order valence-corrected chi connectivity index (χ2v) is 4.66. The fourth-order valence-electron chi connectivity index (χ4n) is 1.57. The zero-order valence-corrected chi connectivity index (χ0v) is 10.9. The van der Waals surface area contributed by atoms with E-state index in [1.165, 1.54) is 12.2 Å². The molecule has 0 radical (unpaired) electrons. The summed E-state index contributed by atoms with van der Waals surface area (Å²) in [6.07, 6.45) is 4.44. The van der Waals surface area contributed by atoms with Gasteiger partial charge in [0.05, 0.1) is 5.69 Å². The topological polar surface area (TPSA) is 53.6 Å². The van der Waals surface area contributed by atoms with E-state index in [1.54, 1.807) is 4.68 Å². The maximum Gasteiger partial charge on any atom is 0.142 e. The summed E-state index contributed by atoms with van der Waals surface area (Å²) in [5.74, 6) is 2.03. The number of nitrogens with zero attached hydrogens (tertiary/aromatic N) is 3. The van der Waals surface area contributed by atoms with E-state index in [0.717, 1.165) is 24.5 Å². The Morgan fingerprint density at radius 3 is 2.88 bits per heavy atom. The number of hydrogen-bond acceptors (Lipinski definition) is 4. The number of hydrogen-bond donors (Lipinski definition) is 1. The van der Waals surface area contributed by atoms with Gasteiger partial charge in [-0.05, 0) is 31.8 Å². The van der Waals surface area contributed by atoms with Crippen LogP contribution < -0.4 is 5.32 Å². The van der Waals surface area contributed by atoms with Gasteiger partial charge in [0.15, 0.2) is 0 Å². The normalized spacial score (nSPS) is 10.1. The molecule has 0 aliphatic rings. The average Bonchev–Trinajstić information content (AvgIpc) is 2.53. The Morgan fingerprint density at radius 2 is 2.25 bits per heavy atom. The minimum Gasteiger partial charge on any atom is -0.369 e. The molecule has 1 N–H and O–H groups in total. The maximum atomic E-state index is 9.01. The molecule has 0 unspecified atom stereocenters.